The van der Waals surface area contributed by atoms with Crippen LogP contribution in [0.15, 0.2) is 23.1 Å². The molecule has 194 valence electrons. The summed E-state index contributed by atoms with van der Waals surface area (Å²) >= 11 is 12.6. The maximum Gasteiger partial charge on any atom is 0.261 e. The molecular weight excluding hydrogens is 531 g/mol. The average Bonchev–Trinajstić information content (AvgIpc) is 3.04. The second-order valence-corrected chi connectivity index (χ2v) is 11.8. The van der Waals surface area contributed by atoms with Gasteiger partial charge in [-0.2, -0.15) is 0 Å². The van der Waals surface area contributed by atoms with Gasteiger partial charge in [0, 0.05) is 34.4 Å². The van der Waals surface area contributed by atoms with E-state index < -0.39 is 15.8 Å². The number of sulfonamides is 1. The molecule has 7 nitrogen and oxygen atoms in total. The monoisotopic (exact) mass is 558 g/mol. The lowest BCUT2D eigenvalue weighted by Crippen LogP contribution is -2.20. The number of nitrogens with one attached hydrogen (secondary N) is 1. The minimum atomic E-state index is -4.09. The molecule has 37 heavy (non-hydrogen) atoms. The zero-order valence-electron chi connectivity index (χ0n) is 22.0. The van der Waals surface area contributed by atoms with E-state index in [4.69, 9.17) is 28.2 Å². The van der Waals surface area contributed by atoms with Crippen LogP contribution in [0, 0.1) is 48.5 Å². The Morgan fingerprint density at radius 3 is 2.19 bits per heavy atom. The Kier molecular flexibility index (Phi) is 6.90. The first-order valence-electron chi connectivity index (χ1n) is 11.6. The Hall–Kier alpha value is -2.94. The van der Waals surface area contributed by atoms with E-state index in [1.807, 2.05) is 39.3 Å². The molecule has 0 unspecified atom stereocenters. The molecule has 0 saturated carbocycles. The number of aromatic nitrogens is 3. The van der Waals surface area contributed by atoms with Gasteiger partial charge in [0.25, 0.3) is 10.0 Å². The number of hydrogen-bond donors (Lipinski definition) is 1. The summed E-state index contributed by atoms with van der Waals surface area (Å²) in [5.74, 6) is -0.408. The lowest BCUT2D eigenvalue weighted by molar-refractivity contribution is 0.103. The molecule has 1 aromatic carbocycles. The Morgan fingerprint density at radius 2 is 1.57 bits per heavy atom. The quantitative estimate of drug-likeness (QED) is 0.283. The molecule has 0 aliphatic carbocycles. The summed E-state index contributed by atoms with van der Waals surface area (Å²) in [6.45, 7) is 12.7. The SMILES string of the molecule is Cc1cc(S(=O)(=O)Nc2c(C(=O)c3c(C)c(C)nc4c3c(C)c(C)n4C)nc(C)c(Cl)c2C)ccc1Cl. The fraction of sp³-hybridized carbons (Fsp3) is 0.296. The minimum absolute atomic E-state index is 0.0109. The summed E-state index contributed by atoms with van der Waals surface area (Å²) < 4.78 is 31.4. The van der Waals surface area contributed by atoms with Crippen molar-refractivity contribution in [3.05, 3.63) is 78.8 Å². The largest absolute Gasteiger partial charge is 0.333 e. The number of carbonyl (C=O) groups excluding carboxylic acids is 1. The molecular formula is C27H28Cl2N4O3S. The van der Waals surface area contributed by atoms with Gasteiger partial charge < -0.3 is 4.57 Å². The van der Waals surface area contributed by atoms with Crippen LogP contribution in [0.2, 0.25) is 10.0 Å². The predicted octanol–water partition coefficient (Wildman–Crippen LogP) is 6.47. The Balaban J connectivity index is 1.99. The zero-order valence-corrected chi connectivity index (χ0v) is 24.3. The van der Waals surface area contributed by atoms with Gasteiger partial charge >= 0.3 is 0 Å². The fourth-order valence-electron chi connectivity index (χ4n) is 4.47. The van der Waals surface area contributed by atoms with Crippen molar-refractivity contribution in [2.24, 2.45) is 7.05 Å². The summed E-state index contributed by atoms with van der Waals surface area (Å²) in [6, 6.07) is 4.40. The van der Waals surface area contributed by atoms with Crippen molar-refractivity contribution in [2.75, 3.05) is 4.72 Å². The van der Waals surface area contributed by atoms with Gasteiger partial charge in [-0.25, -0.2) is 18.4 Å². The van der Waals surface area contributed by atoms with Crippen molar-refractivity contribution in [3.8, 4) is 0 Å². The lowest BCUT2D eigenvalue weighted by atomic mass is 9.95. The van der Waals surface area contributed by atoms with E-state index in [9.17, 15) is 13.2 Å². The van der Waals surface area contributed by atoms with Crippen LogP contribution in [0.1, 0.15) is 55.4 Å². The second-order valence-electron chi connectivity index (χ2n) is 9.37. The summed E-state index contributed by atoms with van der Waals surface area (Å²) in [7, 11) is -2.18. The molecule has 4 rings (SSSR count). The highest BCUT2D eigenvalue weighted by atomic mass is 35.5. The Labute approximate surface area is 226 Å². The molecule has 0 saturated heterocycles. The molecule has 10 heteroatoms. The van der Waals surface area contributed by atoms with Gasteiger partial charge in [-0.05, 0) is 88.9 Å². The fourth-order valence-corrected chi connectivity index (χ4v) is 5.94. The molecule has 3 aromatic heterocycles. The molecule has 0 radical (unpaired) electrons. The van der Waals surface area contributed by atoms with Crippen LogP contribution < -0.4 is 4.72 Å². The molecule has 0 atom stereocenters. The van der Waals surface area contributed by atoms with Crippen molar-refractivity contribution in [1.82, 2.24) is 14.5 Å². The third-order valence-electron chi connectivity index (χ3n) is 7.06. The van der Waals surface area contributed by atoms with Crippen LogP contribution in [0.25, 0.3) is 11.0 Å². The van der Waals surface area contributed by atoms with E-state index in [2.05, 4.69) is 9.71 Å². The number of nitrogens with zero attached hydrogens (tertiary/aromatic N) is 3. The first-order chi connectivity index (χ1) is 17.2. The van der Waals surface area contributed by atoms with Crippen LogP contribution in [0.3, 0.4) is 0 Å². The molecule has 3 heterocycles. The predicted molar refractivity (Wildman–Crippen MR) is 149 cm³/mol. The van der Waals surface area contributed by atoms with Gasteiger partial charge in [-0.15, -0.1) is 0 Å². The van der Waals surface area contributed by atoms with Crippen LogP contribution >= 0.6 is 23.2 Å². The number of ketones is 1. The van der Waals surface area contributed by atoms with E-state index >= 15 is 0 Å². The summed E-state index contributed by atoms with van der Waals surface area (Å²) in [6.07, 6.45) is 0. The number of carbonyl (C=O) groups is 1. The van der Waals surface area contributed by atoms with Crippen molar-refractivity contribution >= 4 is 55.7 Å². The third kappa shape index (κ3) is 4.41. The van der Waals surface area contributed by atoms with Crippen LogP contribution in [0.4, 0.5) is 5.69 Å². The molecule has 0 aliphatic rings. The van der Waals surface area contributed by atoms with E-state index in [1.54, 1.807) is 20.8 Å². The molecule has 0 amide bonds. The maximum absolute atomic E-state index is 14.3. The number of rotatable bonds is 5. The van der Waals surface area contributed by atoms with Crippen LogP contribution in [-0.4, -0.2) is 28.7 Å². The first-order valence-corrected chi connectivity index (χ1v) is 13.8. The van der Waals surface area contributed by atoms with Gasteiger partial charge in [-0.3, -0.25) is 9.52 Å². The molecule has 4 aromatic rings. The smallest absolute Gasteiger partial charge is 0.261 e. The highest BCUT2D eigenvalue weighted by molar-refractivity contribution is 7.92. The van der Waals surface area contributed by atoms with Crippen molar-refractivity contribution in [2.45, 2.75) is 53.4 Å². The molecule has 0 fully saturated rings. The van der Waals surface area contributed by atoms with Crippen LogP contribution in [0.5, 0.6) is 0 Å². The van der Waals surface area contributed by atoms with Crippen molar-refractivity contribution in [1.29, 1.82) is 0 Å². The number of halogens is 2. The van der Waals surface area contributed by atoms with Gasteiger partial charge in [0.05, 0.1) is 21.3 Å². The number of pyridine rings is 2. The lowest BCUT2D eigenvalue weighted by Gasteiger charge is -2.18. The van der Waals surface area contributed by atoms with E-state index in [0.29, 0.717) is 44.3 Å². The van der Waals surface area contributed by atoms with E-state index in [-0.39, 0.29) is 21.3 Å². The summed E-state index contributed by atoms with van der Waals surface area (Å²) in [5, 5.41) is 1.45. The number of fused-ring (bicyclic) bond motifs is 1. The summed E-state index contributed by atoms with van der Waals surface area (Å²) in [5.41, 5.74) is 5.92. The van der Waals surface area contributed by atoms with E-state index in [0.717, 1.165) is 16.6 Å². The van der Waals surface area contributed by atoms with Crippen molar-refractivity contribution < 1.29 is 13.2 Å². The topological polar surface area (TPSA) is 94.0 Å². The average molecular weight is 560 g/mol. The van der Waals surface area contributed by atoms with E-state index in [1.165, 1.54) is 18.2 Å². The Morgan fingerprint density at radius 1 is 0.919 bits per heavy atom. The molecule has 1 N–H and O–H groups in total. The number of benzene rings is 1. The van der Waals surface area contributed by atoms with Crippen molar-refractivity contribution in [3.63, 3.8) is 0 Å². The molecule has 0 bridgehead atoms. The minimum Gasteiger partial charge on any atom is -0.333 e. The summed E-state index contributed by atoms with van der Waals surface area (Å²) in [4.78, 5) is 23.5. The number of aryl methyl sites for hydroxylation is 5. The third-order valence-corrected chi connectivity index (χ3v) is 9.39. The van der Waals surface area contributed by atoms with Gasteiger partial charge in [0.1, 0.15) is 11.3 Å². The zero-order chi connectivity index (χ0) is 27.6. The standard InChI is InChI=1S/C27H28Cl2N4O3S/c1-12-11-19(9-10-20(12)28)37(35,36)32-24-15(4)23(29)17(6)30-25(24)26(34)21-13(2)16(5)31-27-22(21)14(3)18(7)33(27)8/h9-11,32H,1-8H3. The normalized spacial score (nSPS) is 11.8. The number of hydrogen-bond acceptors (Lipinski definition) is 5. The molecule has 0 aliphatic heterocycles. The Bertz CT molecular complexity index is 1740. The second kappa shape index (κ2) is 9.42. The van der Waals surface area contributed by atoms with Crippen LogP contribution in [-0.2, 0) is 17.1 Å². The van der Waals surface area contributed by atoms with Gasteiger partial charge in [-0.1, -0.05) is 23.2 Å². The molecule has 0 spiro atoms. The highest BCUT2D eigenvalue weighted by Crippen LogP contribution is 2.36. The maximum atomic E-state index is 14.3. The number of anilines is 1. The van der Waals surface area contributed by atoms with Gasteiger partial charge in [0.15, 0.2) is 0 Å². The van der Waals surface area contributed by atoms with Gasteiger partial charge in [0.2, 0.25) is 5.78 Å². The first kappa shape index (κ1) is 27.1. The highest BCUT2D eigenvalue weighted by Gasteiger charge is 2.29.